The molecule has 0 saturated heterocycles. The quantitative estimate of drug-likeness (QED) is 0.550. The molecule has 2 aromatic heterocycles. The van der Waals surface area contributed by atoms with Gasteiger partial charge in [-0.25, -0.2) is 4.68 Å². The highest BCUT2D eigenvalue weighted by atomic mass is 79.9. The topological polar surface area (TPSA) is 77.0 Å². The molecule has 0 aliphatic rings. The highest BCUT2D eigenvalue weighted by Gasteiger charge is 2.12. The van der Waals surface area contributed by atoms with Gasteiger partial charge in [0.05, 0.1) is 18.1 Å². The normalized spacial score (nSPS) is 10.6. The van der Waals surface area contributed by atoms with Crippen molar-refractivity contribution in [1.29, 1.82) is 0 Å². The molecular formula is C17H18BrN5O2S. The van der Waals surface area contributed by atoms with Crippen molar-refractivity contribution in [1.82, 2.24) is 19.9 Å². The number of rotatable bonds is 7. The number of benzene rings is 1. The number of aromatic amines is 1. The summed E-state index contributed by atoms with van der Waals surface area (Å²) in [5.74, 6) is 2.06. The molecule has 0 amide bonds. The second-order valence-corrected chi connectivity index (χ2v) is 6.75. The van der Waals surface area contributed by atoms with Crippen molar-refractivity contribution in [3.8, 4) is 11.5 Å². The number of nitrogens with zero attached hydrogens (tertiary/aromatic N) is 3. The van der Waals surface area contributed by atoms with E-state index in [4.69, 9.17) is 21.7 Å². The first-order valence-electron chi connectivity index (χ1n) is 7.84. The Balaban J connectivity index is 1.75. The molecule has 0 saturated carbocycles. The van der Waals surface area contributed by atoms with Crippen molar-refractivity contribution in [2.45, 2.75) is 20.1 Å². The van der Waals surface area contributed by atoms with Gasteiger partial charge in [-0.05, 0) is 58.8 Å². The zero-order valence-corrected chi connectivity index (χ0v) is 16.7. The fourth-order valence-electron chi connectivity index (χ4n) is 2.39. The van der Waals surface area contributed by atoms with E-state index in [0.29, 0.717) is 29.4 Å². The van der Waals surface area contributed by atoms with Crippen LogP contribution in [-0.4, -0.2) is 27.0 Å². The van der Waals surface area contributed by atoms with E-state index in [0.717, 1.165) is 21.4 Å². The van der Waals surface area contributed by atoms with Gasteiger partial charge in [-0.2, -0.15) is 5.10 Å². The third-order valence-corrected chi connectivity index (χ3v) is 4.54. The molecule has 0 atom stereocenters. The van der Waals surface area contributed by atoms with E-state index in [1.807, 2.05) is 31.2 Å². The van der Waals surface area contributed by atoms with E-state index in [2.05, 4.69) is 36.5 Å². The van der Waals surface area contributed by atoms with Crippen LogP contribution in [0.5, 0.6) is 11.5 Å². The molecule has 2 N–H and O–H groups in total. The lowest BCUT2D eigenvalue weighted by atomic mass is 10.2. The molecule has 1 aromatic carbocycles. The molecule has 0 aliphatic carbocycles. The minimum atomic E-state index is 0.407. The molecule has 0 fully saturated rings. The van der Waals surface area contributed by atoms with Gasteiger partial charge < -0.3 is 14.9 Å². The van der Waals surface area contributed by atoms with Gasteiger partial charge in [0.25, 0.3) is 0 Å². The van der Waals surface area contributed by atoms with E-state index in [9.17, 15) is 0 Å². The molecule has 0 radical (unpaired) electrons. The van der Waals surface area contributed by atoms with Gasteiger partial charge >= 0.3 is 0 Å². The zero-order chi connectivity index (χ0) is 18.5. The maximum absolute atomic E-state index is 5.92. The molecule has 0 bridgehead atoms. The molecule has 9 heteroatoms. The number of methoxy groups -OCH3 is 1. The summed E-state index contributed by atoms with van der Waals surface area (Å²) in [5.41, 5.74) is 5.21. The SMILES string of the molecule is COc1cc(CNn2c(C)n[nH]c2=S)cc(Br)c1OCc1cccnc1. The molecule has 0 spiro atoms. The smallest absolute Gasteiger partial charge is 0.214 e. The molecule has 7 nitrogen and oxygen atoms in total. The fourth-order valence-corrected chi connectivity index (χ4v) is 3.23. The molecule has 2 heterocycles. The highest BCUT2D eigenvalue weighted by molar-refractivity contribution is 9.10. The average Bonchev–Trinajstić information content (AvgIpc) is 2.97. The number of hydrogen-bond acceptors (Lipinski definition) is 6. The molecule has 0 aliphatic heterocycles. The van der Waals surface area contributed by atoms with Crippen LogP contribution in [0.3, 0.4) is 0 Å². The van der Waals surface area contributed by atoms with E-state index < -0.39 is 0 Å². The monoisotopic (exact) mass is 435 g/mol. The number of ether oxygens (including phenoxy) is 2. The molecule has 3 aromatic rings. The van der Waals surface area contributed by atoms with Crippen LogP contribution in [0.15, 0.2) is 41.1 Å². The number of hydrogen-bond donors (Lipinski definition) is 2. The lowest BCUT2D eigenvalue weighted by Gasteiger charge is -2.15. The van der Waals surface area contributed by atoms with E-state index in [1.165, 1.54) is 0 Å². The minimum Gasteiger partial charge on any atom is -0.493 e. The Labute approximate surface area is 164 Å². The van der Waals surface area contributed by atoms with E-state index >= 15 is 0 Å². The number of aromatic nitrogens is 4. The van der Waals surface area contributed by atoms with Gasteiger partial charge in [0.15, 0.2) is 11.5 Å². The van der Waals surface area contributed by atoms with Crippen molar-refractivity contribution in [2.75, 3.05) is 12.5 Å². The Kier molecular flexibility index (Phi) is 5.89. The van der Waals surface area contributed by atoms with Crippen LogP contribution in [0.25, 0.3) is 0 Å². The molecule has 0 unspecified atom stereocenters. The Bertz CT molecular complexity index is 942. The third kappa shape index (κ3) is 4.23. The second kappa shape index (κ2) is 8.33. The molecular weight excluding hydrogens is 418 g/mol. The Morgan fingerprint density at radius 2 is 2.19 bits per heavy atom. The summed E-state index contributed by atoms with van der Waals surface area (Å²) in [6.07, 6.45) is 3.51. The van der Waals surface area contributed by atoms with Crippen molar-refractivity contribution < 1.29 is 9.47 Å². The second-order valence-electron chi connectivity index (χ2n) is 5.51. The molecule has 26 heavy (non-hydrogen) atoms. The Morgan fingerprint density at radius 1 is 1.35 bits per heavy atom. The van der Waals surface area contributed by atoms with E-state index in [1.54, 1.807) is 24.2 Å². The van der Waals surface area contributed by atoms with Crippen LogP contribution >= 0.6 is 28.1 Å². The predicted molar refractivity (Wildman–Crippen MR) is 104 cm³/mol. The maximum Gasteiger partial charge on any atom is 0.214 e. The molecule has 136 valence electrons. The summed E-state index contributed by atoms with van der Waals surface area (Å²) < 4.78 is 14.5. The van der Waals surface area contributed by atoms with Crippen LogP contribution in [0.2, 0.25) is 0 Å². The summed E-state index contributed by atoms with van der Waals surface area (Å²) in [6, 6.07) is 7.74. The van der Waals surface area contributed by atoms with Crippen molar-refractivity contribution in [3.63, 3.8) is 0 Å². The third-order valence-electron chi connectivity index (χ3n) is 3.68. The van der Waals surface area contributed by atoms with Gasteiger partial charge in [0.2, 0.25) is 4.77 Å². The van der Waals surface area contributed by atoms with Crippen LogP contribution < -0.4 is 14.9 Å². The number of nitrogens with one attached hydrogen (secondary N) is 2. The highest BCUT2D eigenvalue weighted by Crippen LogP contribution is 2.37. The van der Waals surface area contributed by atoms with Crippen LogP contribution in [0, 0.1) is 11.7 Å². The first-order chi connectivity index (χ1) is 12.6. The zero-order valence-electron chi connectivity index (χ0n) is 14.3. The van der Waals surface area contributed by atoms with Crippen molar-refractivity contribution in [3.05, 3.63) is 62.9 Å². The lowest BCUT2D eigenvalue weighted by molar-refractivity contribution is 0.282. The van der Waals surface area contributed by atoms with E-state index in [-0.39, 0.29) is 0 Å². The Morgan fingerprint density at radius 3 is 2.85 bits per heavy atom. The van der Waals surface area contributed by atoms with Gasteiger partial charge in [-0.15, -0.1) is 0 Å². The first-order valence-corrected chi connectivity index (χ1v) is 9.04. The largest absolute Gasteiger partial charge is 0.493 e. The van der Waals surface area contributed by atoms with Crippen molar-refractivity contribution in [2.24, 2.45) is 0 Å². The first kappa shape index (κ1) is 18.4. The molecule has 3 rings (SSSR count). The van der Waals surface area contributed by atoms with Crippen LogP contribution in [0.4, 0.5) is 0 Å². The lowest BCUT2D eigenvalue weighted by Crippen LogP contribution is -2.16. The van der Waals surface area contributed by atoms with Crippen LogP contribution in [0.1, 0.15) is 17.0 Å². The Hall–Kier alpha value is -2.39. The number of aryl methyl sites for hydroxylation is 1. The summed E-state index contributed by atoms with van der Waals surface area (Å²) >= 11 is 8.75. The van der Waals surface area contributed by atoms with Gasteiger partial charge in [-0.1, -0.05) is 6.07 Å². The average molecular weight is 436 g/mol. The number of pyridine rings is 1. The summed E-state index contributed by atoms with van der Waals surface area (Å²) in [6.45, 7) is 2.82. The fraction of sp³-hybridized carbons (Fsp3) is 0.235. The number of H-pyrrole nitrogens is 1. The van der Waals surface area contributed by atoms with Gasteiger partial charge in [-0.3, -0.25) is 10.1 Å². The summed E-state index contributed by atoms with van der Waals surface area (Å²) in [4.78, 5) is 4.09. The van der Waals surface area contributed by atoms with Crippen molar-refractivity contribution >= 4 is 28.1 Å². The van der Waals surface area contributed by atoms with Gasteiger partial charge in [0, 0.05) is 18.0 Å². The predicted octanol–water partition coefficient (Wildman–Crippen LogP) is 3.74. The van der Waals surface area contributed by atoms with Gasteiger partial charge in [0.1, 0.15) is 12.4 Å². The minimum absolute atomic E-state index is 0.407. The standard InChI is InChI=1S/C17H18BrN5O2S/c1-11-21-22-17(26)23(11)20-9-13-6-14(18)16(15(7-13)24-2)25-10-12-4-3-5-19-8-12/h3-8,20H,9-10H2,1-2H3,(H,22,26). The summed E-state index contributed by atoms with van der Waals surface area (Å²) in [7, 11) is 1.62. The van der Waals surface area contributed by atoms with Crippen LogP contribution in [-0.2, 0) is 13.2 Å². The summed E-state index contributed by atoms with van der Waals surface area (Å²) in [5, 5.41) is 6.81. The maximum atomic E-state index is 5.92. The number of halogens is 1.